The quantitative estimate of drug-likeness (QED) is 0.707. The molecule has 0 spiro atoms. The van der Waals surface area contributed by atoms with Gasteiger partial charge in [-0.1, -0.05) is 6.92 Å². The maximum atomic E-state index is 12.0. The second kappa shape index (κ2) is 6.38. The van der Waals surface area contributed by atoms with Crippen molar-refractivity contribution in [2.45, 2.75) is 26.2 Å². The van der Waals surface area contributed by atoms with E-state index in [0.717, 1.165) is 11.4 Å². The van der Waals surface area contributed by atoms with Gasteiger partial charge in [0.15, 0.2) is 10.6 Å². The van der Waals surface area contributed by atoms with Crippen LogP contribution in [0, 0.1) is 10.7 Å². The highest BCUT2D eigenvalue weighted by Gasteiger charge is 2.35. The molecule has 8 heteroatoms. The highest BCUT2D eigenvalue weighted by atomic mass is 32.1. The predicted octanol–water partition coefficient (Wildman–Crippen LogP) is 3.19. The average molecular weight is 384 g/mol. The van der Waals surface area contributed by atoms with Crippen molar-refractivity contribution in [3.63, 3.8) is 0 Å². The molecule has 1 aliphatic carbocycles. The van der Waals surface area contributed by atoms with Gasteiger partial charge in [0, 0.05) is 36.8 Å². The second-order valence-corrected chi connectivity index (χ2v) is 7.23. The molecule has 0 radical (unpaired) electrons. The molecule has 1 fully saturated rings. The van der Waals surface area contributed by atoms with Crippen LogP contribution in [-0.2, 0) is 11.2 Å². The van der Waals surface area contributed by atoms with Crippen LogP contribution in [0.4, 0.5) is 0 Å². The number of rotatable bonds is 3. The largest absolute Gasteiger partial charge is 0.508 e. The zero-order valence-corrected chi connectivity index (χ0v) is 15.9. The number of nitrogens with one attached hydrogen (secondary N) is 1. The molecule has 0 bridgehead atoms. The number of phenols is 2. The third-order valence-electron chi connectivity index (χ3n) is 5.28. The summed E-state index contributed by atoms with van der Waals surface area (Å²) in [6.07, 6.45) is 5.64. The first-order chi connectivity index (χ1) is 12.9. The number of aromatic hydroxyl groups is 2. The van der Waals surface area contributed by atoms with Crippen molar-refractivity contribution in [1.82, 2.24) is 19.7 Å². The molecule has 1 saturated heterocycles. The monoisotopic (exact) mass is 384 g/mol. The van der Waals surface area contributed by atoms with Gasteiger partial charge in [0.25, 0.3) is 0 Å². The first kappa shape index (κ1) is 17.5. The van der Waals surface area contributed by atoms with Crippen LogP contribution in [0.5, 0.6) is 11.5 Å². The van der Waals surface area contributed by atoms with E-state index >= 15 is 0 Å². The summed E-state index contributed by atoms with van der Waals surface area (Å²) in [5.74, 6) is 0.695. The fraction of sp³-hybridized carbons (Fsp3) is 0.316. The van der Waals surface area contributed by atoms with E-state index in [2.05, 4.69) is 10.2 Å². The molecule has 27 heavy (non-hydrogen) atoms. The first-order valence-corrected chi connectivity index (χ1v) is 9.21. The van der Waals surface area contributed by atoms with Crippen LogP contribution in [0.3, 0.4) is 0 Å². The summed E-state index contributed by atoms with van der Waals surface area (Å²) in [6.45, 7) is 1.93. The van der Waals surface area contributed by atoms with E-state index in [1.807, 2.05) is 19.1 Å². The Labute approximate surface area is 161 Å². The van der Waals surface area contributed by atoms with E-state index in [1.54, 1.807) is 22.6 Å². The van der Waals surface area contributed by atoms with Gasteiger partial charge in [0.2, 0.25) is 5.91 Å². The van der Waals surface area contributed by atoms with Crippen molar-refractivity contribution in [2.24, 2.45) is 5.92 Å². The van der Waals surface area contributed by atoms with Gasteiger partial charge < -0.3 is 15.1 Å². The summed E-state index contributed by atoms with van der Waals surface area (Å²) in [5, 5.41) is 27.4. The SMILES string of the molecule is CCc1cc(-c2n[nH]c(=S)n2C2=CC=C3C(CC(=O)N3C)C2)c(O)cc1O. The number of benzene rings is 1. The molecule has 1 unspecified atom stereocenters. The maximum absolute atomic E-state index is 12.0. The Balaban J connectivity index is 1.81. The second-order valence-electron chi connectivity index (χ2n) is 6.85. The number of fused-ring (bicyclic) bond motifs is 1. The number of carbonyl (C=O) groups is 1. The van der Waals surface area contributed by atoms with Crippen molar-refractivity contribution in [1.29, 1.82) is 0 Å². The fourth-order valence-electron chi connectivity index (χ4n) is 3.79. The van der Waals surface area contributed by atoms with E-state index < -0.39 is 0 Å². The molecule has 7 nitrogen and oxygen atoms in total. The number of likely N-dealkylation sites (tertiary alicyclic amines) is 1. The van der Waals surface area contributed by atoms with Crippen molar-refractivity contribution in [3.8, 4) is 22.9 Å². The van der Waals surface area contributed by atoms with Gasteiger partial charge in [-0.2, -0.15) is 5.10 Å². The molecule has 1 aromatic carbocycles. The molecular formula is C19H20N4O3S. The van der Waals surface area contributed by atoms with Crippen LogP contribution in [0.25, 0.3) is 17.1 Å². The van der Waals surface area contributed by atoms with E-state index in [-0.39, 0.29) is 23.3 Å². The molecule has 0 saturated carbocycles. The summed E-state index contributed by atoms with van der Waals surface area (Å²) in [4.78, 5) is 13.7. The fourth-order valence-corrected chi connectivity index (χ4v) is 4.04. The molecule has 2 aliphatic rings. The molecule has 1 aromatic heterocycles. The van der Waals surface area contributed by atoms with Gasteiger partial charge in [-0.3, -0.25) is 14.5 Å². The van der Waals surface area contributed by atoms with Gasteiger partial charge in [0.1, 0.15) is 11.5 Å². The number of aromatic amines is 1. The van der Waals surface area contributed by atoms with Crippen LogP contribution >= 0.6 is 12.2 Å². The predicted molar refractivity (Wildman–Crippen MR) is 103 cm³/mol. The van der Waals surface area contributed by atoms with Crippen LogP contribution in [0.15, 0.2) is 30.0 Å². The number of phenolic OH excluding ortho intramolecular Hbond substituents is 2. The molecule has 4 rings (SSSR count). The molecule has 3 N–H and O–H groups in total. The number of carbonyl (C=O) groups excluding carboxylic acids is 1. The average Bonchev–Trinajstić information content (AvgIpc) is 3.15. The highest BCUT2D eigenvalue weighted by molar-refractivity contribution is 7.71. The van der Waals surface area contributed by atoms with E-state index in [4.69, 9.17) is 12.2 Å². The minimum Gasteiger partial charge on any atom is -0.508 e. The van der Waals surface area contributed by atoms with E-state index in [0.29, 0.717) is 41.0 Å². The molecule has 2 aromatic rings. The zero-order valence-electron chi connectivity index (χ0n) is 15.1. The number of hydrogen-bond acceptors (Lipinski definition) is 5. The Bertz CT molecular complexity index is 1060. The number of nitrogens with zero attached hydrogens (tertiary/aromatic N) is 3. The Morgan fingerprint density at radius 2 is 2.04 bits per heavy atom. The van der Waals surface area contributed by atoms with Crippen molar-refractivity contribution >= 4 is 23.8 Å². The number of amides is 1. The van der Waals surface area contributed by atoms with Gasteiger partial charge in [-0.25, -0.2) is 0 Å². The summed E-state index contributed by atoms with van der Waals surface area (Å²) < 4.78 is 2.20. The summed E-state index contributed by atoms with van der Waals surface area (Å²) in [6, 6.07) is 3.05. The smallest absolute Gasteiger partial charge is 0.227 e. The summed E-state index contributed by atoms with van der Waals surface area (Å²) in [5.41, 5.74) is 3.13. The molecule has 1 amide bonds. The van der Waals surface area contributed by atoms with Gasteiger partial charge in [0.05, 0.1) is 5.56 Å². The minimum absolute atomic E-state index is 0.0522. The number of aryl methyl sites for hydroxylation is 1. The normalized spacial score (nSPS) is 19.1. The first-order valence-electron chi connectivity index (χ1n) is 8.81. The summed E-state index contributed by atoms with van der Waals surface area (Å²) >= 11 is 5.43. The van der Waals surface area contributed by atoms with Gasteiger partial charge >= 0.3 is 0 Å². The number of hydrogen-bond donors (Lipinski definition) is 3. The highest BCUT2D eigenvalue weighted by Crippen LogP contribution is 2.40. The van der Waals surface area contributed by atoms with Crippen LogP contribution < -0.4 is 0 Å². The molecule has 1 atom stereocenters. The third kappa shape index (κ3) is 2.76. The molecule has 140 valence electrons. The Morgan fingerprint density at radius 1 is 1.26 bits per heavy atom. The third-order valence-corrected chi connectivity index (χ3v) is 5.55. The molecule has 2 heterocycles. The number of allylic oxidation sites excluding steroid dienone is 4. The number of H-pyrrole nitrogens is 1. The van der Waals surface area contributed by atoms with E-state index in [9.17, 15) is 15.0 Å². The van der Waals surface area contributed by atoms with Crippen LogP contribution in [0.1, 0.15) is 25.3 Å². The summed E-state index contributed by atoms with van der Waals surface area (Å²) in [7, 11) is 1.79. The minimum atomic E-state index is -0.0663. The Hall–Kier alpha value is -2.87. The van der Waals surface area contributed by atoms with Crippen molar-refractivity contribution < 1.29 is 15.0 Å². The van der Waals surface area contributed by atoms with Crippen LogP contribution in [0.2, 0.25) is 0 Å². The maximum Gasteiger partial charge on any atom is 0.227 e. The topological polar surface area (TPSA) is 94.4 Å². The van der Waals surface area contributed by atoms with E-state index in [1.165, 1.54) is 6.07 Å². The lowest BCUT2D eigenvalue weighted by atomic mass is 9.94. The molecule has 1 aliphatic heterocycles. The number of aromatic nitrogens is 3. The van der Waals surface area contributed by atoms with Crippen molar-refractivity contribution in [2.75, 3.05) is 7.05 Å². The van der Waals surface area contributed by atoms with Gasteiger partial charge in [-0.05, 0) is 48.8 Å². The lowest BCUT2D eigenvalue weighted by Crippen LogP contribution is -2.18. The Morgan fingerprint density at radius 3 is 2.78 bits per heavy atom. The zero-order chi connectivity index (χ0) is 19.3. The Kier molecular flexibility index (Phi) is 4.15. The van der Waals surface area contributed by atoms with Crippen molar-refractivity contribution in [3.05, 3.63) is 40.3 Å². The van der Waals surface area contributed by atoms with Crippen LogP contribution in [-0.4, -0.2) is 42.8 Å². The lowest BCUT2D eigenvalue weighted by Gasteiger charge is -2.22. The standard InChI is InChI=1S/C19H20N4O3S/c1-3-10-7-13(16(25)9-15(10)24)18-20-21-19(27)23(18)12-4-5-14-11(6-12)8-17(26)22(14)2/h4-5,7,9,11,24-25H,3,6,8H2,1-2H3,(H,21,27). The van der Waals surface area contributed by atoms with Gasteiger partial charge in [-0.15, -0.1) is 0 Å². The lowest BCUT2D eigenvalue weighted by molar-refractivity contribution is -0.125. The molecular weight excluding hydrogens is 364 g/mol.